The number of carbonyl (C=O) groups is 4. The zero-order valence-corrected chi connectivity index (χ0v) is 54.5. The van der Waals surface area contributed by atoms with Crippen LogP contribution in [0.15, 0.2) is 121 Å². The molecular weight excluding hydrogens is 1030 g/mol. The van der Waals surface area contributed by atoms with Gasteiger partial charge in [0.15, 0.2) is 0 Å². The van der Waals surface area contributed by atoms with Gasteiger partial charge in [0.2, 0.25) is 0 Å². The van der Waals surface area contributed by atoms with Crippen molar-refractivity contribution in [3.05, 3.63) is 144 Å². The molecule has 0 saturated carbocycles. The van der Waals surface area contributed by atoms with E-state index in [1.165, 1.54) is 73.4 Å². The van der Waals surface area contributed by atoms with Crippen molar-refractivity contribution in [2.45, 2.75) is 94.4 Å². The molecule has 1 unspecified atom stereocenters. The topological polar surface area (TPSA) is 209 Å². The third kappa shape index (κ3) is 38.3. The maximum atomic E-state index is 12.0. The maximum Gasteiger partial charge on any atom is 0.338 e. The van der Waals surface area contributed by atoms with Gasteiger partial charge in [-0.15, -0.1) is 0 Å². The van der Waals surface area contributed by atoms with Gasteiger partial charge in [-0.05, 0) is 137 Å². The molecule has 0 fully saturated rings. The minimum atomic E-state index is -0.246. The van der Waals surface area contributed by atoms with E-state index in [0.717, 1.165) is 89.9 Å². The molecule has 0 bridgehead atoms. The first kappa shape index (κ1) is 82.9. The van der Waals surface area contributed by atoms with Gasteiger partial charge >= 0.3 is 23.9 Å². The summed E-state index contributed by atoms with van der Waals surface area (Å²) in [6.45, 7) is 35.5. The van der Waals surface area contributed by atoms with Crippen molar-refractivity contribution in [3.8, 4) is 0 Å². The predicted molar refractivity (Wildman–Crippen MR) is 344 cm³/mol. The average Bonchev–Trinajstić information content (AvgIpc) is 3.52. The Bertz CT molecular complexity index is 2060. The molecule has 0 aliphatic heterocycles. The molecule has 1 atom stereocenters. The van der Waals surface area contributed by atoms with E-state index >= 15 is 0 Å². The number of likely N-dealkylation sites (N-methyl/N-ethyl adjacent to an activating group) is 4. The number of hydrogen-bond donors (Lipinski definition) is 4. The molecule has 0 amide bonds. The van der Waals surface area contributed by atoms with Crippen LogP contribution in [-0.4, -0.2) is 203 Å². The molecule has 0 aliphatic carbocycles. The first-order valence-electron chi connectivity index (χ1n) is 30.1. The molecule has 8 N–H and O–H groups in total. The van der Waals surface area contributed by atoms with Gasteiger partial charge in [-0.3, -0.25) is 0 Å². The molecule has 16 nitrogen and oxygen atoms in total. The van der Waals surface area contributed by atoms with Gasteiger partial charge in [0.25, 0.3) is 0 Å². The Labute approximate surface area is 499 Å². The number of unbranched alkanes of at least 4 members (excludes halogenated alkanes) is 1. The second kappa shape index (κ2) is 53.4. The Kier molecular flexibility index (Phi) is 54.0. The summed E-state index contributed by atoms with van der Waals surface area (Å²) in [7, 11) is 12.2. The summed E-state index contributed by atoms with van der Waals surface area (Å²) in [6, 6.07) is 36.6. The second-order valence-electron chi connectivity index (χ2n) is 20.0. The molecular formula is C66H120N8O8+4. The monoisotopic (exact) mass is 1150 g/mol. The summed E-state index contributed by atoms with van der Waals surface area (Å²) in [5, 5.41) is 0. The number of esters is 4. The molecule has 0 spiro atoms. The SMILES string of the molecule is CCCC[N+](CC)(CCC)CCOC(=O)c1ccccc1.CCC[N+](CC)(CCC)CCOC(=O)c1ccccc1.CC[N+](CC)(CC)CCOC(=O)c1ccccc1.CN.CN.CN.CN.C[N+](C)(C)CCOC(=O)c1ccccc1. The smallest absolute Gasteiger partial charge is 0.338 e. The fraction of sp³-hybridized carbons (Fsp3) is 0.576. The minimum Gasteiger partial charge on any atom is -0.456 e. The Morgan fingerprint density at radius 3 is 0.732 bits per heavy atom. The number of rotatable bonds is 30. The maximum absolute atomic E-state index is 12.0. The molecule has 4 aromatic carbocycles. The van der Waals surface area contributed by atoms with Crippen molar-refractivity contribution < 1.29 is 56.1 Å². The first-order chi connectivity index (χ1) is 39.5. The highest BCUT2D eigenvalue weighted by atomic mass is 16.5. The van der Waals surface area contributed by atoms with Crippen LogP contribution in [0.2, 0.25) is 0 Å². The van der Waals surface area contributed by atoms with E-state index in [1.807, 2.05) is 72.8 Å². The summed E-state index contributed by atoms with van der Waals surface area (Å²) < 4.78 is 25.3. The summed E-state index contributed by atoms with van der Waals surface area (Å²) in [5.74, 6) is -0.898. The van der Waals surface area contributed by atoms with Gasteiger partial charge in [-0.25, -0.2) is 19.2 Å². The van der Waals surface area contributed by atoms with Crippen LogP contribution in [-0.2, 0) is 18.9 Å². The third-order valence-corrected chi connectivity index (χ3v) is 13.9. The van der Waals surface area contributed by atoms with Crippen LogP contribution in [0.25, 0.3) is 0 Å². The van der Waals surface area contributed by atoms with Crippen LogP contribution in [0.4, 0.5) is 0 Å². The van der Waals surface area contributed by atoms with Crippen molar-refractivity contribution in [2.75, 3.05) is 161 Å². The van der Waals surface area contributed by atoms with Crippen molar-refractivity contribution in [3.63, 3.8) is 0 Å². The van der Waals surface area contributed by atoms with Crippen molar-refractivity contribution in [2.24, 2.45) is 22.9 Å². The van der Waals surface area contributed by atoms with E-state index in [9.17, 15) is 19.2 Å². The number of carbonyl (C=O) groups excluding carboxylic acids is 4. The largest absolute Gasteiger partial charge is 0.456 e. The Morgan fingerprint density at radius 2 is 0.524 bits per heavy atom. The first-order valence-corrected chi connectivity index (χ1v) is 30.1. The van der Waals surface area contributed by atoms with Gasteiger partial charge in [0, 0.05) is 0 Å². The van der Waals surface area contributed by atoms with E-state index in [1.54, 1.807) is 48.5 Å². The lowest BCUT2D eigenvalue weighted by Crippen LogP contribution is -2.51. The van der Waals surface area contributed by atoms with Crippen molar-refractivity contribution in [1.29, 1.82) is 0 Å². The van der Waals surface area contributed by atoms with Gasteiger partial charge in [-0.1, -0.05) is 107 Å². The Hall–Kier alpha value is -5.56. The fourth-order valence-corrected chi connectivity index (χ4v) is 8.72. The summed E-state index contributed by atoms with van der Waals surface area (Å²) in [4.78, 5) is 47.1. The highest BCUT2D eigenvalue weighted by molar-refractivity contribution is 5.90. The Morgan fingerprint density at radius 1 is 0.305 bits per heavy atom. The van der Waals surface area contributed by atoms with Crippen LogP contribution >= 0.6 is 0 Å². The lowest BCUT2D eigenvalue weighted by atomic mass is 10.2. The molecule has 4 aromatic rings. The standard InChI is InChI=1S/C18H30NO2.C17H28NO2.C15H24NO2.C12H18NO2.4CH5N/c1-4-7-14-19(6-3,13-5-2)15-16-21-18(20)17-11-9-8-10-12-17;1-4-12-18(6-3,13-5-2)14-15-20-17(19)16-10-8-7-9-11-16;1-4-16(5-2,6-3)12-13-18-15(17)14-10-8-7-9-11-14;1-13(2,3)9-10-15-12(14)11-7-5-4-6-8-11;4*1-2/h8-12H,4-7,13-16H2,1-3H3;7-11H,4-6,12-15H2,1-3H3;7-11H,4-6,12-13H2,1-3H3;4-8H,9-10H2,1-3H3;4*2H2,1H3/q4*+1;;;;. The summed E-state index contributed by atoms with van der Waals surface area (Å²) in [5.41, 5.74) is 20.5. The zero-order valence-electron chi connectivity index (χ0n) is 54.5. The van der Waals surface area contributed by atoms with Crippen LogP contribution in [0.3, 0.4) is 0 Å². The van der Waals surface area contributed by atoms with Crippen LogP contribution in [0.5, 0.6) is 0 Å². The van der Waals surface area contributed by atoms with Gasteiger partial charge in [-0.2, -0.15) is 0 Å². The molecule has 82 heavy (non-hydrogen) atoms. The van der Waals surface area contributed by atoms with Crippen LogP contribution in [0, 0.1) is 0 Å². The lowest BCUT2D eigenvalue weighted by Gasteiger charge is -2.37. The fourth-order valence-electron chi connectivity index (χ4n) is 8.72. The van der Waals surface area contributed by atoms with E-state index in [2.05, 4.69) is 106 Å². The zero-order chi connectivity index (χ0) is 63.1. The molecule has 0 heterocycles. The number of quaternary nitrogens is 4. The molecule has 468 valence electrons. The second-order valence-corrected chi connectivity index (χ2v) is 20.0. The summed E-state index contributed by atoms with van der Waals surface area (Å²) in [6.07, 6.45) is 5.96. The van der Waals surface area contributed by atoms with E-state index in [4.69, 9.17) is 18.9 Å². The van der Waals surface area contributed by atoms with Gasteiger partial charge in [0.05, 0.1) is 102 Å². The quantitative estimate of drug-likeness (QED) is 0.0219. The number of nitrogens with zero attached hydrogens (tertiary/aromatic N) is 4. The van der Waals surface area contributed by atoms with Crippen molar-refractivity contribution >= 4 is 23.9 Å². The lowest BCUT2D eigenvalue weighted by molar-refractivity contribution is -0.926. The summed E-state index contributed by atoms with van der Waals surface area (Å²) >= 11 is 0. The molecule has 0 saturated heterocycles. The normalized spacial score (nSPS) is 11.1. The molecule has 0 radical (unpaired) electrons. The highest BCUT2D eigenvalue weighted by Gasteiger charge is 2.26. The number of nitrogens with two attached hydrogens (primary N) is 4. The highest BCUT2D eigenvalue weighted by Crippen LogP contribution is 2.14. The van der Waals surface area contributed by atoms with Gasteiger partial charge < -0.3 is 59.8 Å². The van der Waals surface area contributed by atoms with Crippen LogP contribution < -0.4 is 22.9 Å². The molecule has 0 aliphatic rings. The van der Waals surface area contributed by atoms with E-state index in [0.29, 0.717) is 48.7 Å². The number of ether oxygens (including phenoxy) is 4. The van der Waals surface area contributed by atoms with Crippen molar-refractivity contribution in [1.82, 2.24) is 0 Å². The predicted octanol–water partition coefficient (Wildman–Crippen LogP) is 9.96. The van der Waals surface area contributed by atoms with E-state index in [-0.39, 0.29) is 23.9 Å². The van der Waals surface area contributed by atoms with Gasteiger partial charge in [0.1, 0.15) is 52.6 Å². The van der Waals surface area contributed by atoms with E-state index < -0.39 is 0 Å². The minimum absolute atomic E-state index is 0.211. The average molecular weight is 1150 g/mol. The number of hydrogen-bond acceptors (Lipinski definition) is 12. The molecule has 4 rings (SSSR count). The van der Waals surface area contributed by atoms with Crippen LogP contribution in [0.1, 0.15) is 136 Å². The Balaban J connectivity index is -0.000000477. The molecule has 0 aromatic heterocycles. The third-order valence-electron chi connectivity index (χ3n) is 13.9. The number of benzene rings is 4. The molecule has 16 heteroatoms.